The summed E-state index contributed by atoms with van der Waals surface area (Å²) in [5, 5.41) is 13.0. The third-order valence-corrected chi connectivity index (χ3v) is 6.20. The molecule has 0 atom stereocenters. The van der Waals surface area contributed by atoms with E-state index in [0.717, 1.165) is 10.4 Å². The van der Waals surface area contributed by atoms with Gasteiger partial charge in [-0.3, -0.25) is 4.40 Å². The van der Waals surface area contributed by atoms with Crippen molar-refractivity contribution in [2.75, 3.05) is 0 Å². The molecule has 0 aliphatic rings. The molecule has 6 heteroatoms. The van der Waals surface area contributed by atoms with Gasteiger partial charge in [0.05, 0.1) is 11.4 Å². The van der Waals surface area contributed by atoms with Gasteiger partial charge in [-0.25, -0.2) is 14.4 Å². The molecule has 0 fully saturated rings. The number of aromatic nitrogens is 3. The first kappa shape index (κ1) is 19.5. The van der Waals surface area contributed by atoms with Gasteiger partial charge in [0.2, 0.25) is 5.88 Å². The Morgan fingerprint density at radius 2 is 1.77 bits per heavy atom. The van der Waals surface area contributed by atoms with E-state index in [1.54, 1.807) is 41.0 Å². The van der Waals surface area contributed by atoms with Gasteiger partial charge in [-0.05, 0) is 35.6 Å². The molecule has 3 aromatic heterocycles. The Morgan fingerprint density at radius 1 is 0.935 bits per heavy atom. The SMILES string of the molecule is Cc1cccc(-c2cn3c(O)c(Cc4cccs4)nc3c(Cc3ccccc3)n2)c1F. The van der Waals surface area contributed by atoms with E-state index < -0.39 is 0 Å². The Kier molecular flexibility index (Phi) is 5.00. The van der Waals surface area contributed by atoms with E-state index in [4.69, 9.17) is 9.97 Å². The van der Waals surface area contributed by atoms with Crippen molar-refractivity contribution >= 4 is 17.0 Å². The summed E-state index contributed by atoms with van der Waals surface area (Å²) < 4.78 is 16.5. The lowest BCUT2D eigenvalue weighted by atomic mass is 10.1. The van der Waals surface area contributed by atoms with Gasteiger partial charge >= 0.3 is 0 Å². The molecule has 0 saturated carbocycles. The van der Waals surface area contributed by atoms with Crippen LogP contribution >= 0.6 is 11.3 Å². The van der Waals surface area contributed by atoms with Crippen LogP contribution in [0.2, 0.25) is 0 Å². The summed E-state index contributed by atoms with van der Waals surface area (Å²) in [6, 6.07) is 19.2. The second kappa shape index (κ2) is 7.96. The minimum absolute atomic E-state index is 0.0643. The minimum atomic E-state index is -0.307. The van der Waals surface area contributed by atoms with Crippen LogP contribution < -0.4 is 0 Å². The highest BCUT2D eigenvalue weighted by atomic mass is 32.1. The Labute approximate surface area is 183 Å². The molecule has 1 N–H and O–H groups in total. The van der Waals surface area contributed by atoms with E-state index in [2.05, 4.69) is 0 Å². The summed E-state index contributed by atoms with van der Waals surface area (Å²) in [7, 11) is 0. The van der Waals surface area contributed by atoms with Crippen LogP contribution in [0.4, 0.5) is 4.39 Å². The molecule has 2 aromatic carbocycles. The quantitative estimate of drug-likeness (QED) is 0.385. The maximum atomic E-state index is 14.9. The second-order valence-electron chi connectivity index (χ2n) is 7.50. The fourth-order valence-corrected chi connectivity index (χ4v) is 4.43. The number of rotatable bonds is 5. The molecule has 0 aliphatic carbocycles. The Balaban J connectivity index is 1.70. The summed E-state index contributed by atoms with van der Waals surface area (Å²) in [4.78, 5) is 10.6. The van der Waals surface area contributed by atoms with Crippen molar-refractivity contribution in [2.45, 2.75) is 19.8 Å². The van der Waals surface area contributed by atoms with Crippen molar-refractivity contribution in [2.24, 2.45) is 0 Å². The van der Waals surface area contributed by atoms with E-state index in [1.165, 1.54) is 0 Å². The topological polar surface area (TPSA) is 50.4 Å². The highest BCUT2D eigenvalue weighted by molar-refractivity contribution is 7.09. The van der Waals surface area contributed by atoms with Gasteiger partial charge in [-0.2, -0.15) is 0 Å². The number of hydrogen-bond donors (Lipinski definition) is 1. The summed E-state index contributed by atoms with van der Waals surface area (Å²) in [5.74, 6) is -0.243. The molecule has 154 valence electrons. The summed E-state index contributed by atoms with van der Waals surface area (Å²) in [5.41, 5.74) is 4.36. The van der Waals surface area contributed by atoms with Gasteiger partial charge in [0.25, 0.3) is 0 Å². The van der Waals surface area contributed by atoms with Crippen LogP contribution in [0.25, 0.3) is 16.9 Å². The second-order valence-corrected chi connectivity index (χ2v) is 8.54. The van der Waals surface area contributed by atoms with Gasteiger partial charge < -0.3 is 5.11 Å². The van der Waals surface area contributed by atoms with Gasteiger partial charge in [0, 0.05) is 29.5 Å². The van der Waals surface area contributed by atoms with Crippen LogP contribution in [0.1, 0.15) is 27.4 Å². The summed E-state index contributed by atoms with van der Waals surface area (Å²) >= 11 is 1.62. The zero-order valence-electron chi connectivity index (χ0n) is 16.9. The highest BCUT2D eigenvalue weighted by Crippen LogP contribution is 2.30. The lowest BCUT2D eigenvalue weighted by Gasteiger charge is -2.10. The third kappa shape index (κ3) is 3.70. The number of aromatic hydroxyl groups is 1. The van der Waals surface area contributed by atoms with Gasteiger partial charge in [0.15, 0.2) is 5.65 Å². The maximum Gasteiger partial charge on any atom is 0.219 e. The van der Waals surface area contributed by atoms with Crippen LogP contribution in [0, 0.1) is 12.7 Å². The van der Waals surface area contributed by atoms with Crippen LogP contribution in [0.3, 0.4) is 0 Å². The molecule has 5 rings (SSSR count). The standard InChI is InChI=1S/C25H20FN3OS/c1-16-7-5-11-19(23(16)26)22-15-29-24(20(27-22)13-17-8-3-2-4-9-17)28-21(25(29)30)14-18-10-6-12-31-18/h2-12,15,30H,13-14H2,1H3. The van der Waals surface area contributed by atoms with E-state index in [-0.39, 0.29) is 11.7 Å². The molecule has 4 nitrogen and oxygen atoms in total. The summed E-state index contributed by atoms with van der Waals surface area (Å²) in [6.07, 6.45) is 2.73. The van der Waals surface area contributed by atoms with E-state index >= 15 is 0 Å². The molecular formula is C25H20FN3OS. The predicted molar refractivity (Wildman–Crippen MR) is 121 cm³/mol. The molecule has 0 saturated heterocycles. The third-order valence-electron chi connectivity index (χ3n) is 5.32. The molecular weight excluding hydrogens is 409 g/mol. The van der Waals surface area contributed by atoms with Crippen LogP contribution in [0.15, 0.2) is 72.2 Å². The van der Waals surface area contributed by atoms with Crippen molar-refractivity contribution in [3.05, 3.63) is 105 Å². The van der Waals surface area contributed by atoms with Crippen molar-refractivity contribution in [3.8, 4) is 17.1 Å². The lowest BCUT2D eigenvalue weighted by molar-refractivity contribution is 0.442. The first-order valence-corrected chi connectivity index (χ1v) is 10.9. The zero-order valence-corrected chi connectivity index (χ0v) is 17.7. The fourth-order valence-electron chi connectivity index (χ4n) is 3.72. The highest BCUT2D eigenvalue weighted by Gasteiger charge is 2.19. The van der Waals surface area contributed by atoms with Gasteiger partial charge in [-0.15, -0.1) is 11.3 Å². The summed E-state index contributed by atoms with van der Waals surface area (Å²) in [6.45, 7) is 1.73. The number of thiophene rings is 1. The number of benzene rings is 2. The Hall–Kier alpha value is -3.51. The number of nitrogens with zero attached hydrogens (tertiary/aromatic N) is 3. The Bertz CT molecular complexity index is 1360. The van der Waals surface area contributed by atoms with Crippen molar-refractivity contribution in [3.63, 3.8) is 0 Å². The molecule has 3 heterocycles. The molecule has 0 aliphatic heterocycles. The molecule has 5 aromatic rings. The minimum Gasteiger partial charge on any atom is -0.493 e. The molecule has 0 spiro atoms. The predicted octanol–water partition coefficient (Wildman–Crippen LogP) is 5.79. The maximum absolute atomic E-state index is 14.9. The van der Waals surface area contributed by atoms with Crippen molar-refractivity contribution in [1.82, 2.24) is 14.4 Å². The number of hydrogen-bond acceptors (Lipinski definition) is 4. The van der Waals surface area contributed by atoms with E-state index in [1.807, 2.05) is 53.9 Å². The molecule has 0 amide bonds. The number of halogens is 1. The first-order valence-electron chi connectivity index (χ1n) is 10.0. The van der Waals surface area contributed by atoms with Crippen LogP contribution in [-0.4, -0.2) is 19.5 Å². The van der Waals surface area contributed by atoms with E-state index in [9.17, 15) is 9.50 Å². The van der Waals surface area contributed by atoms with Gasteiger partial charge in [-0.1, -0.05) is 48.5 Å². The van der Waals surface area contributed by atoms with Crippen molar-refractivity contribution < 1.29 is 9.50 Å². The number of fused-ring (bicyclic) bond motifs is 1. The van der Waals surface area contributed by atoms with Gasteiger partial charge in [0.1, 0.15) is 11.5 Å². The zero-order chi connectivity index (χ0) is 21.4. The largest absolute Gasteiger partial charge is 0.493 e. The molecule has 31 heavy (non-hydrogen) atoms. The average Bonchev–Trinajstić information content (AvgIpc) is 3.40. The normalized spacial score (nSPS) is 11.3. The monoisotopic (exact) mass is 429 g/mol. The van der Waals surface area contributed by atoms with Crippen LogP contribution in [-0.2, 0) is 12.8 Å². The average molecular weight is 430 g/mol. The first-order chi connectivity index (χ1) is 15.1. The molecule has 0 radical (unpaired) electrons. The van der Waals surface area contributed by atoms with Crippen LogP contribution in [0.5, 0.6) is 5.88 Å². The fraction of sp³-hybridized carbons (Fsp3) is 0.120. The number of imidazole rings is 1. The lowest BCUT2D eigenvalue weighted by Crippen LogP contribution is -2.02. The van der Waals surface area contributed by atoms with Crippen molar-refractivity contribution in [1.29, 1.82) is 0 Å². The molecule has 0 unspecified atom stereocenters. The Morgan fingerprint density at radius 3 is 2.55 bits per heavy atom. The smallest absolute Gasteiger partial charge is 0.219 e. The molecule has 0 bridgehead atoms. The van der Waals surface area contributed by atoms with E-state index in [0.29, 0.717) is 46.7 Å². The number of aryl methyl sites for hydroxylation is 1.